The summed E-state index contributed by atoms with van der Waals surface area (Å²) in [6, 6.07) is 22.3. The number of imidazole rings is 1. The molecule has 4 rings (SSSR count). The van der Waals surface area contributed by atoms with Gasteiger partial charge in [0.2, 0.25) is 5.62 Å². The third-order valence-electron chi connectivity index (χ3n) is 4.97. The molecule has 0 atom stereocenters. The summed E-state index contributed by atoms with van der Waals surface area (Å²) in [5.74, 6) is 0.638. The number of carbonyl (C=O) groups is 1. The highest BCUT2D eigenvalue weighted by Crippen LogP contribution is 2.20. The fraction of sp³-hybridized carbons (Fsp3) is 0.130. The number of benzene rings is 3. The van der Waals surface area contributed by atoms with Gasteiger partial charge in [-0.05, 0) is 48.0 Å². The number of carbonyl (C=O) groups excluding carboxylic acids is 1. The van der Waals surface area contributed by atoms with E-state index in [2.05, 4.69) is 0 Å². The van der Waals surface area contributed by atoms with Gasteiger partial charge in [-0.15, -0.1) is 0 Å². The maximum atomic E-state index is 12.9. The van der Waals surface area contributed by atoms with Crippen molar-refractivity contribution in [2.75, 3.05) is 7.11 Å². The first kappa shape index (κ1) is 19.0. The third kappa shape index (κ3) is 3.69. The zero-order chi connectivity index (χ0) is 20.4. The third-order valence-corrected chi connectivity index (χ3v) is 5.34. The lowest BCUT2D eigenvalue weighted by Crippen LogP contribution is -2.27. The van der Waals surface area contributed by atoms with Gasteiger partial charge in [0.25, 0.3) is 0 Å². The Morgan fingerprint density at radius 2 is 1.55 bits per heavy atom. The van der Waals surface area contributed by atoms with Gasteiger partial charge in [0.15, 0.2) is 5.78 Å². The fourth-order valence-corrected chi connectivity index (χ4v) is 3.62. The summed E-state index contributed by atoms with van der Waals surface area (Å²) in [6.07, 6.45) is 0. The average Bonchev–Trinajstić information content (AvgIpc) is 3.01. The number of methoxy groups -OCH3 is 1. The van der Waals surface area contributed by atoms with E-state index in [1.54, 1.807) is 35.9 Å². The lowest BCUT2D eigenvalue weighted by molar-refractivity contribution is 0.0971. The van der Waals surface area contributed by atoms with E-state index in [1.165, 1.54) is 0 Å². The van der Waals surface area contributed by atoms with Crippen molar-refractivity contribution in [2.24, 2.45) is 0 Å². The molecule has 5 nitrogen and oxygen atoms in total. The number of nitrogens with zero attached hydrogens (tertiary/aromatic N) is 2. The lowest BCUT2D eigenvalue weighted by Gasteiger charge is -2.07. The number of ether oxygens (including phenoxy) is 1. The van der Waals surface area contributed by atoms with Gasteiger partial charge in [-0.2, -0.15) is 0 Å². The first-order chi connectivity index (χ1) is 14.1. The Hall–Kier alpha value is -3.31. The van der Waals surface area contributed by atoms with Gasteiger partial charge in [0.1, 0.15) is 5.75 Å². The molecule has 29 heavy (non-hydrogen) atoms. The summed E-state index contributed by atoms with van der Waals surface area (Å²) in [5, 5.41) is 9.38. The predicted molar refractivity (Wildman–Crippen MR) is 114 cm³/mol. The maximum absolute atomic E-state index is 12.9. The van der Waals surface area contributed by atoms with Crippen LogP contribution < -0.4 is 10.4 Å². The highest BCUT2D eigenvalue weighted by Gasteiger charge is 2.15. The Labute approximate surface area is 173 Å². The first-order valence-corrected chi connectivity index (χ1v) is 9.59. The second kappa shape index (κ2) is 7.97. The van der Waals surface area contributed by atoms with Crippen LogP contribution in [0.1, 0.15) is 15.9 Å². The largest absolute Gasteiger partial charge is 0.497 e. The Morgan fingerprint density at radius 3 is 2.21 bits per heavy atom. The van der Waals surface area contributed by atoms with Crippen LogP contribution >= 0.6 is 11.6 Å². The van der Waals surface area contributed by atoms with Crippen molar-refractivity contribution in [1.82, 2.24) is 9.13 Å². The minimum atomic E-state index is -0.0631. The summed E-state index contributed by atoms with van der Waals surface area (Å²) in [6.45, 7) is 0.546. The van der Waals surface area contributed by atoms with Crippen molar-refractivity contribution in [3.63, 3.8) is 0 Å². The Balaban J connectivity index is 1.73. The standard InChI is InChI=1S/C23H20ClN3O2/c1-29-18-12-10-16(11-13-18)22(28)15-27-21-9-5-4-8-20(21)26(23(27)25)14-17-6-2-3-7-19(17)24/h2-13,25H,14-15H2,1H3. The molecule has 0 aliphatic heterocycles. The molecule has 0 saturated carbocycles. The van der Waals surface area contributed by atoms with E-state index in [0.717, 1.165) is 16.6 Å². The summed E-state index contributed by atoms with van der Waals surface area (Å²) < 4.78 is 8.76. The van der Waals surface area contributed by atoms with Gasteiger partial charge in [-0.25, -0.2) is 0 Å². The molecule has 0 amide bonds. The average molecular weight is 406 g/mol. The fourth-order valence-electron chi connectivity index (χ4n) is 3.42. The zero-order valence-electron chi connectivity index (χ0n) is 15.9. The smallest absolute Gasteiger partial charge is 0.203 e. The molecule has 0 unspecified atom stereocenters. The summed E-state index contributed by atoms with van der Waals surface area (Å²) in [7, 11) is 1.59. The molecule has 0 aliphatic rings. The number of ketones is 1. The molecule has 1 heterocycles. The lowest BCUT2D eigenvalue weighted by atomic mass is 10.1. The van der Waals surface area contributed by atoms with Crippen LogP contribution in [0.4, 0.5) is 0 Å². The molecule has 4 aromatic rings. The number of halogens is 1. The van der Waals surface area contributed by atoms with E-state index >= 15 is 0 Å². The highest BCUT2D eigenvalue weighted by molar-refractivity contribution is 6.31. The number of para-hydroxylation sites is 2. The number of nitrogens with one attached hydrogen (secondary N) is 1. The predicted octanol–water partition coefficient (Wildman–Crippen LogP) is 4.52. The number of Topliss-reactive ketones (excluding diaryl/α,β-unsaturated/α-hetero) is 1. The van der Waals surface area contributed by atoms with Crippen LogP contribution in [-0.4, -0.2) is 22.0 Å². The van der Waals surface area contributed by atoms with Gasteiger partial charge in [-0.1, -0.05) is 41.9 Å². The van der Waals surface area contributed by atoms with Crippen molar-refractivity contribution in [3.8, 4) is 5.75 Å². The molecule has 6 heteroatoms. The summed E-state index contributed by atoms with van der Waals surface area (Å²) in [4.78, 5) is 12.9. The number of aromatic nitrogens is 2. The second-order valence-electron chi connectivity index (χ2n) is 6.73. The molecule has 1 aromatic heterocycles. The molecule has 0 radical (unpaired) electrons. The van der Waals surface area contributed by atoms with Gasteiger partial charge in [-0.3, -0.25) is 10.2 Å². The van der Waals surface area contributed by atoms with Gasteiger partial charge in [0.05, 0.1) is 31.2 Å². The highest BCUT2D eigenvalue weighted by atomic mass is 35.5. The quantitative estimate of drug-likeness (QED) is 0.479. The molecule has 3 aromatic carbocycles. The summed E-state index contributed by atoms with van der Waals surface area (Å²) >= 11 is 6.33. The molecular formula is C23H20ClN3O2. The van der Waals surface area contributed by atoms with E-state index < -0.39 is 0 Å². The van der Waals surface area contributed by atoms with E-state index in [-0.39, 0.29) is 17.9 Å². The van der Waals surface area contributed by atoms with Crippen LogP contribution in [0.2, 0.25) is 5.02 Å². The normalized spacial score (nSPS) is 11.0. The van der Waals surface area contributed by atoms with E-state index in [4.69, 9.17) is 21.7 Å². The summed E-state index contributed by atoms with van der Waals surface area (Å²) in [5.41, 5.74) is 3.50. The number of fused-ring (bicyclic) bond motifs is 1. The molecular weight excluding hydrogens is 386 g/mol. The van der Waals surface area contributed by atoms with Crippen LogP contribution in [-0.2, 0) is 13.1 Å². The van der Waals surface area contributed by atoms with Crippen LogP contribution in [0.3, 0.4) is 0 Å². The maximum Gasteiger partial charge on any atom is 0.203 e. The van der Waals surface area contributed by atoms with Crippen LogP contribution in [0.5, 0.6) is 5.75 Å². The molecule has 0 bridgehead atoms. The second-order valence-corrected chi connectivity index (χ2v) is 7.13. The van der Waals surface area contributed by atoms with E-state index in [9.17, 15) is 4.79 Å². The molecule has 146 valence electrons. The van der Waals surface area contributed by atoms with E-state index in [0.29, 0.717) is 22.9 Å². The molecule has 0 aliphatic carbocycles. The topological polar surface area (TPSA) is 60.0 Å². The minimum absolute atomic E-state index is 0.0631. The Kier molecular flexibility index (Phi) is 5.23. The number of rotatable bonds is 6. The van der Waals surface area contributed by atoms with Crippen LogP contribution in [0.25, 0.3) is 11.0 Å². The van der Waals surface area contributed by atoms with Gasteiger partial charge >= 0.3 is 0 Å². The minimum Gasteiger partial charge on any atom is -0.497 e. The van der Waals surface area contributed by atoms with Crippen molar-refractivity contribution < 1.29 is 9.53 Å². The molecule has 0 fully saturated rings. The molecule has 0 spiro atoms. The van der Waals surface area contributed by atoms with Crippen molar-refractivity contribution in [2.45, 2.75) is 13.1 Å². The zero-order valence-corrected chi connectivity index (χ0v) is 16.7. The first-order valence-electron chi connectivity index (χ1n) is 9.22. The molecule has 1 N–H and O–H groups in total. The number of hydrogen-bond donors (Lipinski definition) is 1. The van der Waals surface area contributed by atoms with Gasteiger partial charge in [0, 0.05) is 10.6 Å². The van der Waals surface area contributed by atoms with Crippen molar-refractivity contribution in [1.29, 1.82) is 5.41 Å². The SMILES string of the molecule is COc1ccc(C(=O)Cn2c(=N)n(Cc3ccccc3Cl)c3ccccc32)cc1. The van der Waals surface area contributed by atoms with Crippen LogP contribution in [0, 0.1) is 5.41 Å². The Morgan fingerprint density at radius 1 is 0.931 bits per heavy atom. The van der Waals surface area contributed by atoms with E-state index in [1.807, 2.05) is 53.1 Å². The van der Waals surface area contributed by atoms with Gasteiger partial charge < -0.3 is 13.9 Å². The monoisotopic (exact) mass is 405 g/mol. The van der Waals surface area contributed by atoms with Crippen molar-refractivity contribution in [3.05, 3.63) is 94.6 Å². The van der Waals surface area contributed by atoms with Crippen molar-refractivity contribution >= 4 is 28.4 Å². The van der Waals surface area contributed by atoms with Crippen LogP contribution in [0.15, 0.2) is 72.8 Å². The Bertz CT molecular complexity index is 1240. The number of hydrogen-bond acceptors (Lipinski definition) is 3. The molecule has 0 saturated heterocycles.